The summed E-state index contributed by atoms with van der Waals surface area (Å²) in [6, 6.07) is -0.522. The number of hydrogen-bond donors (Lipinski definition) is 3. The molecule has 0 aliphatic heterocycles. The third-order valence-electron chi connectivity index (χ3n) is 2.66. The van der Waals surface area contributed by atoms with Crippen LogP contribution < -0.4 is 10.6 Å². The molecule has 5 nitrogen and oxygen atoms in total. The monoisotopic (exact) mass is 246 g/mol. The average molecular weight is 247 g/mol. The van der Waals surface area contributed by atoms with Crippen LogP contribution in [0.25, 0.3) is 0 Å². The smallest absolute Gasteiger partial charge is 0.329 e. The third-order valence-corrected chi connectivity index (χ3v) is 2.79. The van der Waals surface area contributed by atoms with Gasteiger partial charge in [0.1, 0.15) is 5.54 Å². The molecule has 0 spiro atoms. The zero-order valence-electron chi connectivity index (χ0n) is 8.88. The number of amides is 2. The molecule has 0 unspecified atom stereocenters. The first-order valence-corrected chi connectivity index (χ1v) is 5.47. The Labute approximate surface area is 98.8 Å². The normalized spacial score (nSPS) is 17.8. The predicted molar refractivity (Wildman–Crippen MR) is 60.4 cm³/mol. The Morgan fingerprint density at radius 1 is 1.38 bits per heavy atom. The summed E-state index contributed by atoms with van der Waals surface area (Å²) in [4.78, 5) is 22.5. The molecule has 90 valence electrons. The molecule has 1 rings (SSSR count). The van der Waals surface area contributed by atoms with Crippen molar-refractivity contribution in [2.45, 2.75) is 31.2 Å². The van der Waals surface area contributed by atoms with Gasteiger partial charge >= 0.3 is 12.0 Å². The molecule has 0 aromatic carbocycles. The zero-order chi connectivity index (χ0) is 12.2. The summed E-state index contributed by atoms with van der Waals surface area (Å²) in [5.74, 6) is -0.982. The van der Waals surface area contributed by atoms with Gasteiger partial charge in [-0.2, -0.15) is 0 Å². The summed E-state index contributed by atoms with van der Waals surface area (Å²) in [6.45, 7) is 3.55. The van der Waals surface area contributed by atoms with Crippen LogP contribution >= 0.6 is 11.6 Å². The standard InChI is InChI=1S/C10H15ClN2O3/c1-7(11)6-12-9(16)13-10(8(14)15)4-2-3-5-10/h1-6H2,(H,14,15)(H2,12,13,16). The Bertz CT molecular complexity index is 311. The highest BCUT2D eigenvalue weighted by atomic mass is 35.5. The van der Waals surface area contributed by atoms with Gasteiger partial charge < -0.3 is 15.7 Å². The highest BCUT2D eigenvalue weighted by Crippen LogP contribution is 2.29. The fraction of sp³-hybridized carbons (Fsp3) is 0.600. The van der Waals surface area contributed by atoms with Crippen LogP contribution in [-0.2, 0) is 4.79 Å². The molecule has 0 saturated heterocycles. The van der Waals surface area contributed by atoms with Crippen molar-refractivity contribution >= 4 is 23.6 Å². The van der Waals surface area contributed by atoms with E-state index in [1.165, 1.54) is 0 Å². The molecule has 3 N–H and O–H groups in total. The Morgan fingerprint density at radius 2 is 1.94 bits per heavy atom. The number of carboxylic acid groups (broad SMARTS) is 1. The number of carbonyl (C=O) groups excluding carboxylic acids is 1. The summed E-state index contributed by atoms with van der Waals surface area (Å²) in [6.07, 6.45) is 2.57. The van der Waals surface area contributed by atoms with Crippen molar-refractivity contribution in [1.29, 1.82) is 0 Å². The van der Waals surface area contributed by atoms with Gasteiger partial charge in [0.2, 0.25) is 0 Å². The summed E-state index contributed by atoms with van der Waals surface area (Å²) in [5.41, 5.74) is -1.11. The molecular formula is C10H15ClN2O3. The van der Waals surface area contributed by atoms with Gasteiger partial charge in [-0.3, -0.25) is 0 Å². The second-order valence-electron chi connectivity index (χ2n) is 3.92. The first kappa shape index (κ1) is 12.8. The van der Waals surface area contributed by atoms with Gasteiger partial charge in [-0.15, -0.1) is 0 Å². The molecule has 1 aliphatic carbocycles. The lowest BCUT2D eigenvalue weighted by Gasteiger charge is -2.25. The molecule has 1 fully saturated rings. The van der Waals surface area contributed by atoms with Gasteiger partial charge in [-0.05, 0) is 12.8 Å². The molecule has 0 aromatic heterocycles. The molecule has 0 bridgehead atoms. The Balaban J connectivity index is 2.52. The number of aliphatic carboxylic acids is 1. The quantitative estimate of drug-likeness (QED) is 0.702. The maximum atomic E-state index is 11.4. The average Bonchev–Trinajstić information content (AvgIpc) is 2.64. The topological polar surface area (TPSA) is 78.4 Å². The molecular weight excluding hydrogens is 232 g/mol. The molecule has 1 saturated carbocycles. The van der Waals surface area contributed by atoms with Crippen LogP contribution in [0.5, 0.6) is 0 Å². The van der Waals surface area contributed by atoms with Crippen molar-refractivity contribution in [2.75, 3.05) is 6.54 Å². The molecule has 0 atom stereocenters. The van der Waals surface area contributed by atoms with E-state index in [0.717, 1.165) is 12.8 Å². The Hall–Kier alpha value is -1.23. The molecule has 6 heteroatoms. The second-order valence-corrected chi connectivity index (χ2v) is 4.45. The van der Waals surface area contributed by atoms with Gasteiger partial charge in [0.15, 0.2) is 0 Å². The molecule has 0 radical (unpaired) electrons. The number of urea groups is 1. The van der Waals surface area contributed by atoms with E-state index < -0.39 is 17.5 Å². The molecule has 16 heavy (non-hydrogen) atoms. The van der Waals surface area contributed by atoms with Crippen molar-refractivity contribution < 1.29 is 14.7 Å². The summed E-state index contributed by atoms with van der Waals surface area (Å²) < 4.78 is 0. The highest BCUT2D eigenvalue weighted by Gasteiger charge is 2.42. The van der Waals surface area contributed by atoms with E-state index in [0.29, 0.717) is 17.9 Å². The zero-order valence-corrected chi connectivity index (χ0v) is 9.64. The Kier molecular flexibility index (Phi) is 4.18. The lowest BCUT2D eigenvalue weighted by Crippen LogP contribution is -2.55. The van der Waals surface area contributed by atoms with Crippen LogP contribution in [0.1, 0.15) is 25.7 Å². The van der Waals surface area contributed by atoms with Crippen LogP contribution in [0.15, 0.2) is 11.6 Å². The number of rotatable bonds is 4. The minimum absolute atomic E-state index is 0.128. The van der Waals surface area contributed by atoms with Crippen molar-refractivity contribution in [3.8, 4) is 0 Å². The number of carbonyl (C=O) groups is 2. The maximum absolute atomic E-state index is 11.4. The fourth-order valence-electron chi connectivity index (χ4n) is 1.81. The van der Waals surface area contributed by atoms with Crippen LogP contribution in [-0.4, -0.2) is 29.2 Å². The van der Waals surface area contributed by atoms with Crippen molar-refractivity contribution in [3.05, 3.63) is 11.6 Å². The maximum Gasteiger partial charge on any atom is 0.329 e. The number of carboxylic acids is 1. The molecule has 0 heterocycles. The first-order chi connectivity index (χ1) is 7.46. The fourth-order valence-corrected chi connectivity index (χ4v) is 1.88. The minimum atomic E-state index is -1.11. The third kappa shape index (κ3) is 3.13. The predicted octanol–water partition coefficient (Wildman–Crippen LogP) is 1.44. The van der Waals surface area contributed by atoms with E-state index in [1.807, 2.05) is 0 Å². The van der Waals surface area contributed by atoms with Gasteiger partial charge in [-0.1, -0.05) is 31.0 Å². The number of halogens is 1. The summed E-state index contributed by atoms with van der Waals surface area (Å²) in [5, 5.41) is 14.3. The first-order valence-electron chi connectivity index (χ1n) is 5.09. The summed E-state index contributed by atoms with van der Waals surface area (Å²) in [7, 11) is 0. The van der Waals surface area contributed by atoms with E-state index in [-0.39, 0.29) is 6.54 Å². The Morgan fingerprint density at radius 3 is 2.38 bits per heavy atom. The van der Waals surface area contributed by atoms with Crippen LogP contribution in [0.2, 0.25) is 0 Å². The largest absolute Gasteiger partial charge is 0.480 e. The number of hydrogen-bond acceptors (Lipinski definition) is 2. The van der Waals surface area contributed by atoms with E-state index in [1.54, 1.807) is 0 Å². The van der Waals surface area contributed by atoms with Crippen LogP contribution in [0.3, 0.4) is 0 Å². The van der Waals surface area contributed by atoms with Crippen molar-refractivity contribution in [1.82, 2.24) is 10.6 Å². The van der Waals surface area contributed by atoms with E-state index in [2.05, 4.69) is 17.2 Å². The van der Waals surface area contributed by atoms with E-state index >= 15 is 0 Å². The number of nitrogens with one attached hydrogen (secondary N) is 2. The molecule has 0 aromatic rings. The second kappa shape index (κ2) is 5.21. The summed E-state index contributed by atoms with van der Waals surface area (Å²) >= 11 is 5.48. The molecule has 1 aliphatic rings. The van der Waals surface area contributed by atoms with E-state index in [4.69, 9.17) is 16.7 Å². The van der Waals surface area contributed by atoms with Gasteiger partial charge in [-0.25, -0.2) is 9.59 Å². The van der Waals surface area contributed by atoms with Gasteiger partial charge in [0.25, 0.3) is 0 Å². The highest BCUT2D eigenvalue weighted by molar-refractivity contribution is 6.29. The van der Waals surface area contributed by atoms with Gasteiger partial charge in [0, 0.05) is 5.03 Å². The SMILES string of the molecule is C=C(Cl)CNC(=O)NC1(C(=O)O)CCCC1. The van der Waals surface area contributed by atoms with Crippen LogP contribution in [0.4, 0.5) is 4.79 Å². The molecule has 2 amide bonds. The van der Waals surface area contributed by atoms with Gasteiger partial charge in [0.05, 0.1) is 6.54 Å². The van der Waals surface area contributed by atoms with E-state index in [9.17, 15) is 9.59 Å². The van der Waals surface area contributed by atoms with Crippen molar-refractivity contribution in [2.24, 2.45) is 0 Å². The lowest BCUT2D eigenvalue weighted by atomic mass is 9.98. The van der Waals surface area contributed by atoms with Crippen LogP contribution in [0, 0.1) is 0 Å². The minimum Gasteiger partial charge on any atom is -0.480 e. The lowest BCUT2D eigenvalue weighted by molar-refractivity contribution is -0.144. The van der Waals surface area contributed by atoms with Crippen molar-refractivity contribution in [3.63, 3.8) is 0 Å².